The molecule has 0 spiro atoms. The summed E-state index contributed by atoms with van der Waals surface area (Å²) in [7, 11) is 0. The van der Waals surface area contributed by atoms with E-state index in [-0.39, 0.29) is 0 Å². The van der Waals surface area contributed by atoms with Crippen molar-refractivity contribution in [3.8, 4) is 16.9 Å². The van der Waals surface area contributed by atoms with E-state index in [0.717, 1.165) is 31.7 Å². The molecule has 2 heteroatoms. The molecule has 0 aliphatic heterocycles. The van der Waals surface area contributed by atoms with Gasteiger partial charge in [0.25, 0.3) is 0 Å². The van der Waals surface area contributed by atoms with Crippen LogP contribution in [0.5, 0.6) is 5.75 Å². The summed E-state index contributed by atoms with van der Waals surface area (Å²) in [6.45, 7) is 8.45. The number of nitrogens with one attached hydrogen (secondary N) is 1. The van der Waals surface area contributed by atoms with Gasteiger partial charge in [-0.25, -0.2) is 0 Å². The summed E-state index contributed by atoms with van der Waals surface area (Å²) >= 11 is 0. The maximum Gasteiger partial charge on any atom is 0.119 e. The first-order chi connectivity index (χ1) is 12.2. The highest BCUT2D eigenvalue weighted by Crippen LogP contribution is 2.29. The Morgan fingerprint density at radius 1 is 0.960 bits per heavy atom. The molecular formula is C23H33NO. The summed E-state index contributed by atoms with van der Waals surface area (Å²) in [5, 5.41) is 3.51. The maximum absolute atomic E-state index is 6.01. The van der Waals surface area contributed by atoms with Crippen LogP contribution in [0.1, 0.15) is 52.0 Å². The van der Waals surface area contributed by atoms with E-state index in [1.807, 2.05) is 0 Å². The molecule has 0 fully saturated rings. The summed E-state index contributed by atoms with van der Waals surface area (Å²) in [5.41, 5.74) is 3.92. The lowest BCUT2D eigenvalue weighted by atomic mass is 9.95. The Kier molecular flexibility index (Phi) is 8.54. The van der Waals surface area contributed by atoms with E-state index in [1.54, 1.807) is 0 Å². The molecule has 0 aromatic heterocycles. The zero-order chi connectivity index (χ0) is 17.9. The first-order valence-electron chi connectivity index (χ1n) is 9.79. The van der Waals surface area contributed by atoms with Crippen LogP contribution in [0.15, 0.2) is 48.5 Å². The normalized spacial score (nSPS) is 12.1. The van der Waals surface area contributed by atoms with Crippen molar-refractivity contribution in [1.82, 2.24) is 5.32 Å². The van der Waals surface area contributed by atoms with Crippen LogP contribution in [0, 0.1) is 0 Å². The molecule has 0 saturated heterocycles. The molecule has 2 aromatic rings. The van der Waals surface area contributed by atoms with Crippen molar-refractivity contribution in [3.05, 3.63) is 54.1 Å². The third-order valence-corrected chi connectivity index (χ3v) is 4.51. The molecule has 25 heavy (non-hydrogen) atoms. The summed E-state index contributed by atoms with van der Waals surface area (Å²) in [6.07, 6.45) is 5.96. The average Bonchev–Trinajstić information content (AvgIpc) is 2.63. The topological polar surface area (TPSA) is 21.3 Å². The minimum absolute atomic E-state index is 0.466. The average molecular weight is 340 g/mol. The van der Waals surface area contributed by atoms with Gasteiger partial charge < -0.3 is 10.1 Å². The Morgan fingerprint density at radius 3 is 2.48 bits per heavy atom. The summed E-state index contributed by atoms with van der Waals surface area (Å²) in [4.78, 5) is 0. The first kappa shape index (κ1) is 19.5. The molecule has 2 rings (SSSR count). The van der Waals surface area contributed by atoms with Crippen LogP contribution >= 0.6 is 0 Å². The lowest BCUT2D eigenvalue weighted by molar-refractivity contribution is 0.305. The third-order valence-electron chi connectivity index (χ3n) is 4.51. The van der Waals surface area contributed by atoms with E-state index in [2.05, 4.69) is 74.6 Å². The molecule has 2 nitrogen and oxygen atoms in total. The lowest BCUT2D eigenvalue weighted by Gasteiger charge is -2.17. The van der Waals surface area contributed by atoms with Crippen molar-refractivity contribution in [3.63, 3.8) is 0 Å². The number of rotatable bonds is 11. The SMILES string of the molecule is CCCCCCOc1ccc(CC(C)NCC)c(-c2ccccc2)c1. The van der Waals surface area contributed by atoms with Crippen molar-refractivity contribution >= 4 is 0 Å². The van der Waals surface area contributed by atoms with Crippen molar-refractivity contribution in [2.24, 2.45) is 0 Å². The smallest absolute Gasteiger partial charge is 0.119 e. The summed E-state index contributed by atoms with van der Waals surface area (Å²) in [6, 6.07) is 17.7. The molecule has 0 radical (unpaired) electrons. The van der Waals surface area contributed by atoms with E-state index < -0.39 is 0 Å². The Labute approximate surface area is 153 Å². The zero-order valence-corrected chi connectivity index (χ0v) is 16.1. The van der Waals surface area contributed by atoms with Crippen LogP contribution in [0.3, 0.4) is 0 Å². The standard InChI is InChI=1S/C23H33NO/c1-4-6-7-11-16-25-22-15-14-21(17-19(3)24-5-2)23(18-22)20-12-9-8-10-13-20/h8-10,12-15,18-19,24H,4-7,11,16-17H2,1-3H3. The van der Waals surface area contributed by atoms with E-state index in [1.165, 1.54) is 36.0 Å². The second-order valence-corrected chi connectivity index (χ2v) is 6.76. The van der Waals surface area contributed by atoms with Crippen molar-refractivity contribution < 1.29 is 4.74 Å². The molecule has 0 heterocycles. The van der Waals surface area contributed by atoms with Gasteiger partial charge in [-0.05, 0) is 55.1 Å². The fourth-order valence-corrected chi connectivity index (χ4v) is 3.18. The monoisotopic (exact) mass is 339 g/mol. The number of hydrogen-bond acceptors (Lipinski definition) is 2. The van der Waals surface area contributed by atoms with Gasteiger partial charge in [0.05, 0.1) is 6.61 Å². The van der Waals surface area contributed by atoms with E-state index in [0.29, 0.717) is 6.04 Å². The van der Waals surface area contributed by atoms with Crippen LogP contribution in [0.4, 0.5) is 0 Å². The number of ether oxygens (including phenoxy) is 1. The van der Waals surface area contributed by atoms with Gasteiger partial charge in [0.15, 0.2) is 0 Å². The van der Waals surface area contributed by atoms with Gasteiger partial charge >= 0.3 is 0 Å². The molecule has 0 amide bonds. The Morgan fingerprint density at radius 2 is 1.76 bits per heavy atom. The summed E-state index contributed by atoms with van der Waals surface area (Å²) in [5.74, 6) is 0.982. The van der Waals surface area contributed by atoms with Crippen molar-refractivity contribution in [2.75, 3.05) is 13.2 Å². The van der Waals surface area contributed by atoms with Gasteiger partial charge in [0.1, 0.15) is 5.75 Å². The molecule has 1 N–H and O–H groups in total. The Balaban J connectivity index is 2.13. The predicted molar refractivity (Wildman–Crippen MR) is 108 cm³/mol. The molecule has 1 atom stereocenters. The Hall–Kier alpha value is -1.80. The molecular weight excluding hydrogens is 306 g/mol. The van der Waals surface area contributed by atoms with Crippen LogP contribution in [-0.2, 0) is 6.42 Å². The van der Waals surface area contributed by atoms with E-state index in [4.69, 9.17) is 4.74 Å². The number of likely N-dealkylation sites (N-methyl/N-ethyl adjacent to an activating group) is 1. The highest BCUT2D eigenvalue weighted by Gasteiger charge is 2.10. The lowest BCUT2D eigenvalue weighted by Crippen LogP contribution is -2.27. The number of unbranched alkanes of at least 4 members (excludes halogenated alkanes) is 3. The minimum atomic E-state index is 0.466. The van der Waals surface area contributed by atoms with Gasteiger partial charge in [0, 0.05) is 6.04 Å². The molecule has 136 valence electrons. The van der Waals surface area contributed by atoms with Gasteiger partial charge in [-0.15, -0.1) is 0 Å². The van der Waals surface area contributed by atoms with Crippen LogP contribution in [0.2, 0.25) is 0 Å². The number of benzene rings is 2. The molecule has 0 aliphatic rings. The van der Waals surface area contributed by atoms with E-state index in [9.17, 15) is 0 Å². The van der Waals surface area contributed by atoms with Crippen LogP contribution < -0.4 is 10.1 Å². The minimum Gasteiger partial charge on any atom is -0.494 e. The highest BCUT2D eigenvalue weighted by atomic mass is 16.5. The fraction of sp³-hybridized carbons (Fsp3) is 0.478. The zero-order valence-electron chi connectivity index (χ0n) is 16.1. The quantitative estimate of drug-likeness (QED) is 0.518. The van der Waals surface area contributed by atoms with Gasteiger partial charge in [-0.3, -0.25) is 0 Å². The summed E-state index contributed by atoms with van der Waals surface area (Å²) < 4.78 is 6.01. The van der Waals surface area contributed by atoms with Gasteiger partial charge in [-0.2, -0.15) is 0 Å². The molecule has 0 saturated carbocycles. The van der Waals surface area contributed by atoms with Crippen LogP contribution in [-0.4, -0.2) is 19.2 Å². The Bertz CT molecular complexity index is 609. The second kappa shape index (κ2) is 10.9. The fourth-order valence-electron chi connectivity index (χ4n) is 3.18. The molecule has 2 aromatic carbocycles. The van der Waals surface area contributed by atoms with Crippen molar-refractivity contribution in [2.45, 2.75) is 58.9 Å². The number of hydrogen-bond donors (Lipinski definition) is 1. The third kappa shape index (κ3) is 6.55. The predicted octanol–water partition coefficient (Wildman–Crippen LogP) is 5.85. The molecule has 1 unspecified atom stereocenters. The largest absolute Gasteiger partial charge is 0.494 e. The first-order valence-corrected chi connectivity index (χ1v) is 9.79. The highest BCUT2D eigenvalue weighted by molar-refractivity contribution is 5.69. The van der Waals surface area contributed by atoms with E-state index >= 15 is 0 Å². The van der Waals surface area contributed by atoms with Gasteiger partial charge in [0.2, 0.25) is 0 Å². The second-order valence-electron chi connectivity index (χ2n) is 6.76. The maximum atomic E-state index is 6.01. The van der Waals surface area contributed by atoms with Crippen LogP contribution in [0.25, 0.3) is 11.1 Å². The van der Waals surface area contributed by atoms with Crippen molar-refractivity contribution in [1.29, 1.82) is 0 Å². The molecule has 0 bridgehead atoms. The van der Waals surface area contributed by atoms with Gasteiger partial charge in [-0.1, -0.05) is 69.5 Å². The molecule has 0 aliphatic carbocycles.